The van der Waals surface area contributed by atoms with E-state index >= 15 is 0 Å². The van der Waals surface area contributed by atoms with Crippen molar-refractivity contribution < 1.29 is 4.74 Å². The van der Waals surface area contributed by atoms with Crippen molar-refractivity contribution in [2.24, 2.45) is 10.9 Å². The fourth-order valence-electron chi connectivity index (χ4n) is 4.37. The fraction of sp³-hybridized carbons (Fsp3) is 0.636. The van der Waals surface area contributed by atoms with E-state index in [1.807, 2.05) is 7.05 Å². The SMILES string of the molecule is CN=C(NCCc1cn2cccc(C)c2n1)NC1CCN(CC2CCOC2)CC1.I. The number of rotatable bonds is 6. The number of fused-ring (bicyclic) bond motifs is 1. The predicted molar refractivity (Wildman–Crippen MR) is 132 cm³/mol. The molecule has 0 amide bonds. The summed E-state index contributed by atoms with van der Waals surface area (Å²) >= 11 is 0. The van der Waals surface area contributed by atoms with Gasteiger partial charge >= 0.3 is 0 Å². The summed E-state index contributed by atoms with van der Waals surface area (Å²) in [5.74, 6) is 1.63. The highest BCUT2D eigenvalue weighted by atomic mass is 127. The van der Waals surface area contributed by atoms with Gasteiger partial charge in [0.25, 0.3) is 0 Å². The number of hydrogen-bond donors (Lipinski definition) is 2. The minimum absolute atomic E-state index is 0. The zero-order valence-corrected chi connectivity index (χ0v) is 20.5. The van der Waals surface area contributed by atoms with Crippen LogP contribution in [0.4, 0.5) is 0 Å². The number of nitrogens with zero attached hydrogens (tertiary/aromatic N) is 4. The molecule has 8 heteroatoms. The summed E-state index contributed by atoms with van der Waals surface area (Å²) in [7, 11) is 1.85. The molecule has 0 aromatic carbocycles. The average molecular weight is 526 g/mol. The van der Waals surface area contributed by atoms with Crippen LogP contribution < -0.4 is 10.6 Å². The molecule has 1 unspecified atom stereocenters. The Morgan fingerprint density at radius 3 is 2.83 bits per heavy atom. The second kappa shape index (κ2) is 11.3. The van der Waals surface area contributed by atoms with Gasteiger partial charge in [-0.05, 0) is 43.7 Å². The Balaban J connectivity index is 0.00000256. The first-order valence-corrected chi connectivity index (χ1v) is 10.9. The second-order valence-corrected chi connectivity index (χ2v) is 8.35. The molecule has 2 aromatic heterocycles. The highest BCUT2D eigenvalue weighted by Crippen LogP contribution is 2.17. The van der Waals surface area contributed by atoms with Gasteiger partial charge in [0.1, 0.15) is 5.65 Å². The molecule has 7 nitrogen and oxygen atoms in total. The molecule has 0 aliphatic carbocycles. The number of halogens is 1. The predicted octanol–water partition coefficient (Wildman–Crippen LogP) is 2.47. The lowest BCUT2D eigenvalue weighted by atomic mass is 10.0. The molecule has 0 bridgehead atoms. The molecule has 2 N–H and O–H groups in total. The molecule has 4 heterocycles. The van der Waals surface area contributed by atoms with E-state index in [-0.39, 0.29) is 24.0 Å². The molecular formula is C22H35IN6O. The molecule has 4 rings (SSSR count). The molecule has 0 spiro atoms. The van der Waals surface area contributed by atoms with Gasteiger partial charge in [0, 0.05) is 64.7 Å². The molecule has 1 atom stereocenters. The number of imidazole rings is 1. The topological polar surface area (TPSA) is 66.2 Å². The van der Waals surface area contributed by atoms with Crippen LogP contribution in [-0.2, 0) is 11.2 Å². The van der Waals surface area contributed by atoms with Crippen LogP contribution in [0.1, 0.15) is 30.5 Å². The van der Waals surface area contributed by atoms with Crippen LogP contribution in [0.2, 0.25) is 0 Å². The zero-order chi connectivity index (χ0) is 20.1. The van der Waals surface area contributed by atoms with Crippen LogP contribution in [0.5, 0.6) is 0 Å². The molecule has 2 aromatic rings. The number of guanidine groups is 1. The van der Waals surface area contributed by atoms with Crippen LogP contribution in [0.3, 0.4) is 0 Å². The van der Waals surface area contributed by atoms with Gasteiger partial charge in [0.2, 0.25) is 0 Å². The van der Waals surface area contributed by atoms with E-state index in [0.717, 1.165) is 62.5 Å². The van der Waals surface area contributed by atoms with Crippen molar-refractivity contribution >= 4 is 35.6 Å². The summed E-state index contributed by atoms with van der Waals surface area (Å²) in [4.78, 5) is 11.8. The maximum atomic E-state index is 5.51. The van der Waals surface area contributed by atoms with Gasteiger partial charge in [0.05, 0.1) is 12.3 Å². The van der Waals surface area contributed by atoms with E-state index in [1.54, 1.807) is 0 Å². The van der Waals surface area contributed by atoms with Crippen molar-refractivity contribution in [2.75, 3.05) is 46.4 Å². The number of aliphatic imine (C=N–C) groups is 1. The van der Waals surface area contributed by atoms with Gasteiger partial charge in [-0.1, -0.05) is 6.07 Å². The first-order chi connectivity index (χ1) is 14.2. The van der Waals surface area contributed by atoms with E-state index in [1.165, 1.54) is 31.4 Å². The lowest BCUT2D eigenvalue weighted by molar-refractivity contribution is 0.150. The first-order valence-electron chi connectivity index (χ1n) is 10.9. The number of pyridine rings is 1. The van der Waals surface area contributed by atoms with Crippen LogP contribution in [0.15, 0.2) is 29.5 Å². The third kappa shape index (κ3) is 6.07. The van der Waals surface area contributed by atoms with Gasteiger partial charge in [-0.15, -0.1) is 24.0 Å². The Labute approximate surface area is 196 Å². The number of piperidine rings is 1. The molecule has 2 aliphatic heterocycles. The largest absolute Gasteiger partial charge is 0.381 e. The normalized spacial score (nSPS) is 21.0. The first kappa shape index (κ1) is 23.3. The van der Waals surface area contributed by atoms with Gasteiger partial charge < -0.3 is 24.7 Å². The number of aryl methyl sites for hydroxylation is 1. The molecule has 2 fully saturated rings. The van der Waals surface area contributed by atoms with Crippen molar-refractivity contribution in [3.05, 3.63) is 35.8 Å². The van der Waals surface area contributed by atoms with Crippen molar-refractivity contribution in [3.8, 4) is 0 Å². The molecule has 0 saturated carbocycles. The number of hydrogen-bond acceptors (Lipinski definition) is 4. The van der Waals surface area contributed by atoms with E-state index in [2.05, 4.69) is 56.4 Å². The van der Waals surface area contributed by atoms with Crippen molar-refractivity contribution in [3.63, 3.8) is 0 Å². The van der Waals surface area contributed by atoms with Gasteiger partial charge in [-0.3, -0.25) is 4.99 Å². The molecule has 2 saturated heterocycles. The highest BCUT2D eigenvalue weighted by Gasteiger charge is 2.24. The summed E-state index contributed by atoms with van der Waals surface area (Å²) in [5, 5.41) is 7.06. The highest BCUT2D eigenvalue weighted by molar-refractivity contribution is 14.0. The summed E-state index contributed by atoms with van der Waals surface area (Å²) in [6.45, 7) is 8.32. The van der Waals surface area contributed by atoms with Gasteiger partial charge in [0.15, 0.2) is 5.96 Å². The smallest absolute Gasteiger partial charge is 0.191 e. The van der Waals surface area contributed by atoms with Gasteiger partial charge in [-0.2, -0.15) is 0 Å². The van der Waals surface area contributed by atoms with E-state index in [0.29, 0.717) is 6.04 Å². The maximum Gasteiger partial charge on any atom is 0.191 e. The number of likely N-dealkylation sites (tertiary alicyclic amines) is 1. The molecule has 2 aliphatic rings. The minimum atomic E-state index is 0. The Bertz CT molecular complexity index is 824. The molecule has 30 heavy (non-hydrogen) atoms. The van der Waals surface area contributed by atoms with E-state index in [9.17, 15) is 0 Å². The lowest BCUT2D eigenvalue weighted by Crippen LogP contribution is -2.49. The lowest BCUT2D eigenvalue weighted by Gasteiger charge is -2.34. The van der Waals surface area contributed by atoms with Crippen molar-refractivity contribution in [2.45, 2.75) is 38.6 Å². The van der Waals surface area contributed by atoms with E-state index in [4.69, 9.17) is 9.72 Å². The third-order valence-corrected chi connectivity index (χ3v) is 6.09. The van der Waals surface area contributed by atoms with Crippen LogP contribution in [-0.4, -0.2) is 72.7 Å². The standard InChI is InChI=1S/C22H34N6O.HI/c1-17-4-3-10-28-15-20(25-21(17)28)5-9-24-22(23-2)26-19-6-11-27(12-7-19)14-18-8-13-29-16-18;/h3-4,10,15,18-19H,5-9,11-14,16H2,1-2H3,(H2,23,24,26);1H. The monoisotopic (exact) mass is 526 g/mol. The quantitative estimate of drug-likeness (QED) is 0.344. The van der Waals surface area contributed by atoms with Gasteiger partial charge in [-0.25, -0.2) is 4.98 Å². The van der Waals surface area contributed by atoms with Crippen molar-refractivity contribution in [1.82, 2.24) is 24.9 Å². The Morgan fingerprint density at radius 1 is 1.30 bits per heavy atom. The number of aromatic nitrogens is 2. The van der Waals surface area contributed by atoms with E-state index < -0.39 is 0 Å². The molecular weight excluding hydrogens is 491 g/mol. The van der Waals surface area contributed by atoms with Crippen LogP contribution in [0.25, 0.3) is 5.65 Å². The molecule has 166 valence electrons. The summed E-state index contributed by atoms with van der Waals surface area (Å²) in [6.07, 6.45) is 8.61. The zero-order valence-electron chi connectivity index (χ0n) is 18.1. The Kier molecular flexibility index (Phi) is 8.76. The minimum Gasteiger partial charge on any atom is -0.381 e. The third-order valence-electron chi connectivity index (χ3n) is 6.09. The van der Waals surface area contributed by atoms with Crippen LogP contribution >= 0.6 is 24.0 Å². The average Bonchev–Trinajstić information content (AvgIpc) is 3.39. The number of nitrogens with one attached hydrogen (secondary N) is 2. The second-order valence-electron chi connectivity index (χ2n) is 8.35. The summed E-state index contributed by atoms with van der Waals surface area (Å²) in [6, 6.07) is 4.66. The Hall–Kier alpha value is -1.39. The fourth-order valence-corrected chi connectivity index (χ4v) is 4.37. The molecule has 0 radical (unpaired) electrons. The Morgan fingerprint density at radius 2 is 2.13 bits per heavy atom. The summed E-state index contributed by atoms with van der Waals surface area (Å²) in [5.41, 5.74) is 3.35. The van der Waals surface area contributed by atoms with Crippen LogP contribution in [0, 0.1) is 12.8 Å². The summed E-state index contributed by atoms with van der Waals surface area (Å²) < 4.78 is 7.61. The number of ether oxygens (including phenoxy) is 1. The maximum absolute atomic E-state index is 5.51. The van der Waals surface area contributed by atoms with Crippen molar-refractivity contribution in [1.29, 1.82) is 0 Å².